The van der Waals surface area contributed by atoms with Crippen molar-refractivity contribution in [3.63, 3.8) is 0 Å². The number of hydrogen-bond acceptors (Lipinski definition) is 6. The minimum atomic E-state index is -3.86. The van der Waals surface area contributed by atoms with Crippen molar-refractivity contribution in [2.75, 3.05) is 26.7 Å². The van der Waals surface area contributed by atoms with Gasteiger partial charge in [-0.05, 0) is 47.7 Å². The zero-order chi connectivity index (χ0) is 23.3. The number of thioether (sulfide) groups is 1. The Kier molecular flexibility index (Phi) is 7.73. The fraction of sp³-hybridized carbons (Fsp3) is 0.190. The highest BCUT2D eigenvalue weighted by Crippen LogP contribution is 2.31. The molecular weight excluding hydrogens is 474 g/mol. The minimum absolute atomic E-state index is 0.00429. The number of likely N-dealkylation sites (N-methyl/N-ethyl adjacent to an activating group) is 1. The molecule has 0 spiro atoms. The van der Waals surface area contributed by atoms with Crippen LogP contribution in [0.5, 0.6) is 0 Å². The molecule has 1 saturated heterocycles. The predicted octanol–water partition coefficient (Wildman–Crippen LogP) is 2.81. The summed E-state index contributed by atoms with van der Waals surface area (Å²) in [5.74, 6) is -0.989. The predicted molar refractivity (Wildman–Crippen MR) is 123 cm³/mol. The van der Waals surface area contributed by atoms with Gasteiger partial charge in [0.15, 0.2) is 0 Å². The van der Waals surface area contributed by atoms with E-state index in [1.807, 2.05) is 30.3 Å². The van der Waals surface area contributed by atoms with Crippen molar-refractivity contribution in [1.82, 2.24) is 14.5 Å². The fourth-order valence-electron chi connectivity index (χ4n) is 2.83. The van der Waals surface area contributed by atoms with Gasteiger partial charge in [-0.15, -0.1) is 0 Å². The van der Waals surface area contributed by atoms with Gasteiger partial charge in [-0.3, -0.25) is 19.3 Å². The second kappa shape index (κ2) is 10.3. The largest absolute Gasteiger partial charge is 0.353 e. The Labute approximate surface area is 195 Å². The van der Waals surface area contributed by atoms with Crippen LogP contribution in [0.15, 0.2) is 64.4 Å². The molecule has 1 fully saturated rings. The van der Waals surface area contributed by atoms with Crippen LogP contribution in [0.2, 0.25) is 5.02 Å². The number of carbonyl (C=O) groups excluding carboxylic acids is 3. The summed E-state index contributed by atoms with van der Waals surface area (Å²) < 4.78 is 26.0. The van der Waals surface area contributed by atoms with Gasteiger partial charge in [0.05, 0.1) is 16.3 Å². The molecule has 2 aromatic carbocycles. The third kappa shape index (κ3) is 5.77. The molecule has 1 aliphatic heterocycles. The van der Waals surface area contributed by atoms with Gasteiger partial charge in [0.1, 0.15) is 0 Å². The SMILES string of the molecule is CN(CC(=O)NCCN1C(=O)S/C(=C\c2ccccc2)C1=O)S(=O)(=O)c1ccc(Cl)cc1. The molecule has 11 heteroatoms. The van der Waals surface area contributed by atoms with Crippen LogP contribution in [0, 0.1) is 0 Å². The van der Waals surface area contributed by atoms with Crippen LogP contribution < -0.4 is 5.32 Å². The van der Waals surface area contributed by atoms with Crippen molar-refractivity contribution in [3.05, 3.63) is 70.1 Å². The second-order valence-electron chi connectivity index (χ2n) is 6.81. The average molecular weight is 494 g/mol. The van der Waals surface area contributed by atoms with Crippen LogP contribution in [0.25, 0.3) is 6.08 Å². The Morgan fingerprint density at radius 2 is 1.78 bits per heavy atom. The first kappa shape index (κ1) is 24.0. The van der Waals surface area contributed by atoms with Crippen molar-refractivity contribution in [2.45, 2.75) is 4.90 Å². The molecule has 3 amide bonds. The van der Waals surface area contributed by atoms with E-state index in [-0.39, 0.29) is 18.0 Å². The number of nitrogens with one attached hydrogen (secondary N) is 1. The molecule has 0 saturated carbocycles. The Hall–Kier alpha value is -2.66. The van der Waals surface area contributed by atoms with Gasteiger partial charge in [0, 0.05) is 25.2 Å². The number of sulfonamides is 1. The number of benzene rings is 2. The first-order valence-corrected chi connectivity index (χ1v) is 12.1. The molecule has 0 aromatic heterocycles. The number of hydrogen-bond donors (Lipinski definition) is 1. The lowest BCUT2D eigenvalue weighted by Gasteiger charge is -2.18. The summed E-state index contributed by atoms with van der Waals surface area (Å²) in [6.07, 6.45) is 1.64. The van der Waals surface area contributed by atoms with Crippen LogP contribution in [0.4, 0.5) is 4.79 Å². The number of nitrogens with zero attached hydrogens (tertiary/aromatic N) is 2. The molecule has 3 rings (SSSR count). The third-order valence-electron chi connectivity index (χ3n) is 4.52. The molecule has 2 aromatic rings. The molecule has 0 aliphatic carbocycles. The van der Waals surface area contributed by atoms with Crippen LogP contribution in [-0.4, -0.2) is 61.4 Å². The summed E-state index contributed by atoms with van der Waals surface area (Å²) in [6.45, 7) is -0.429. The molecule has 1 heterocycles. The zero-order valence-electron chi connectivity index (χ0n) is 17.0. The van der Waals surface area contributed by atoms with Crippen molar-refractivity contribution in [3.8, 4) is 0 Å². The van der Waals surface area contributed by atoms with Crippen molar-refractivity contribution < 1.29 is 22.8 Å². The van der Waals surface area contributed by atoms with Crippen molar-refractivity contribution in [1.29, 1.82) is 0 Å². The van der Waals surface area contributed by atoms with E-state index in [0.29, 0.717) is 9.93 Å². The normalized spacial score (nSPS) is 15.6. The van der Waals surface area contributed by atoms with Crippen LogP contribution >= 0.6 is 23.4 Å². The molecule has 168 valence electrons. The van der Waals surface area contributed by atoms with Gasteiger partial charge in [0.2, 0.25) is 15.9 Å². The Morgan fingerprint density at radius 1 is 1.12 bits per heavy atom. The minimum Gasteiger partial charge on any atom is -0.353 e. The lowest BCUT2D eigenvalue weighted by Crippen LogP contribution is -2.42. The Bertz CT molecular complexity index is 1150. The van der Waals surface area contributed by atoms with E-state index in [0.717, 1.165) is 26.5 Å². The molecule has 0 unspecified atom stereocenters. The summed E-state index contributed by atoms with van der Waals surface area (Å²) >= 11 is 6.61. The highest BCUT2D eigenvalue weighted by molar-refractivity contribution is 8.18. The summed E-state index contributed by atoms with van der Waals surface area (Å²) in [5, 5.41) is 2.51. The highest BCUT2D eigenvalue weighted by atomic mass is 35.5. The number of imide groups is 1. The quantitative estimate of drug-likeness (QED) is 0.567. The lowest BCUT2D eigenvalue weighted by atomic mass is 10.2. The highest BCUT2D eigenvalue weighted by Gasteiger charge is 2.34. The fourth-order valence-corrected chi connectivity index (χ4v) is 4.95. The maximum atomic E-state index is 12.5. The summed E-state index contributed by atoms with van der Waals surface area (Å²) in [4.78, 5) is 38.2. The van der Waals surface area contributed by atoms with Crippen LogP contribution in [0.1, 0.15) is 5.56 Å². The summed E-state index contributed by atoms with van der Waals surface area (Å²) in [6, 6.07) is 14.8. The topological polar surface area (TPSA) is 104 Å². The number of halogens is 1. The summed E-state index contributed by atoms with van der Waals surface area (Å²) in [7, 11) is -2.58. The van der Waals surface area contributed by atoms with Crippen LogP contribution in [-0.2, 0) is 19.6 Å². The van der Waals surface area contributed by atoms with Gasteiger partial charge in [-0.2, -0.15) is 4.31 Å². The van der Waals surface area contributed by atoms with Crippen molar-refractivity contribution >= 4 is 56.5 Å². The molecule has 1 N–H and O–H groups in total. The first-order chi connectivity index (χ1) is 15.2. The maximum absolute atomic E-state index is 12.5. The van der Waals surface area contributed by atoms with E-state index in [1.165, 1.54) is 31.3 Å². The smallest absolute Gasteiger partial charge is 0.293 e. The van der Waals surface area contributed by atoms with E-state index >= 15 is 0 Å². The van der Waals surface area contributed by atoms with Gasteiger partial charge >= 0.3 is 0 Å². The van der Waals surface area contributed by atoms with Gasteiger partial charge in [-0.1, -0.05) is 41.9 Å². The number of rotatable bonds is 8. The van der Waals surface area contributed by atoms with Gasteiger partial charge < -0.3 is 5.32 Å². The van der Waals surface area contributed by atoms with Crippen molar-refractivity contribution in [2.24, 2.45) is 0 Å². The molecule has 8 nitrogen and oxygen atoms in total. The monoisotopic (exact) mass is 493 g/mol. The molecule has 0 bridgehead atoms. The number of amides is 3. The van der Waals surface area contributed by atoms with E-state index < -0.39 is 33.6 Å². The molecule has 0 atom stereocenters. The number of carbonyl (C=O) groups is 3. The van der Waals surface area contributed by atoms with Gasteiger partial charge in [0.25, 0.3) is 11.1 Å². The summed E-state index contributed by atoms with van der Waals surface area (Å²) in [5.41, 5.74) is 0.802. The lowest BCUT2D eigenvalue weighted by molar-refractivity contribution is -0.124. The molecular formula is C21H20ClN3O5S2. The van der Waals surface area contributed by atoms with E-state index in [9.17, 15) is 22.8 Å². The maximum Gasteiger partial charge on any atom is 0.293 e. The molecule has 1 aliphatic rings. The molecule has 0 radical (unpaired) electrons. The first-order valence-electron chi connectivity index (χ1n) is 9.47. The molecule has 32 heavy (non-hydrogen) atoms. The van der Waals surface area contributed by atoms with E-state index in [2.05, 4.69) is 5.32 Å². The Balaban J connectivity index is 1.52. The van der Waals surface area contributed by atoms with Gasteiger partial charge in [-0.25, -0.2) is 8.42 Å². The standard InChI is InChI=1S/C21H20ClN3O5S2/c1-24(32(29,30)17-9-7-16(22)8-10-17)14-19(26)23-11-12-25-20(27)18(31-21(25)28)13-15-5-3-2-4-6-15/h2-10,13H,11-12,14H2,1H3,(H,23,26)/b18-13-. The average Bonchev–Trinajstić information content (AvgIpc) is 3.02. The van der Waals surface area contributed by atoms with E-state index in [1.54, 1.807) is 6.08 Å². The Morgan fingerprint density at radius 3 is 2.44 bits per heavy atom. The zero-order valence-corrected chi connectivity index (χ0v) is 19.4. The van der Waals surface area contributed by atoms with Crippen LogP contribution in [0.3, 0.4) is 0 Å². The van der Waals surface area contributed by atoms with E-state index in [4.69, 9.17) is 11.6 Å². The third-order valence-corrected chi connectivity index (χ3v) is 7.49. The second-order valence-corrected chi connectivity index (χ2v) is 10.3.